The number of aromatic amines is 1. The van der Waals surface area contributed by atoms with E-state index in [-0.39, 0.29) is 18.6 Å². The number of nitrogens with two attached hydrogens (primary N) is 2. The van der Waals surface area contributed by atoms with Gasteiger partial charge in [0.25, 0.3) is 0 Å². The number of para-hydroxylation sites is 1. The summed E-state index contributed by atoms with van der Waals surface area (Å²) in [5, 5.41) is 9.63. The van der Waals surface area contributed by atoms with Crippen LogP contribution in [-0.2, 0) is 16.0 Å². The van der Waals surface area contributed by atoms with Crippen molar-refractivity contribution >= 4 is 22.7 Å². The lowest BCUT2D eigenvalue weighted by Gasteiger charge is -2.15. The van der Waals surface area contributed by atoms with E-state index in [0.29, 0.717) is 6.42 Å². The first-order valence-corrected chi connectivity index (χ1v) is 6.80. The number of fused-ring (bicyclic) bond motifs is 1. The molecule has 0 radical (unpaired) electrons. The minimum absolute atomic E-state index is 0.107. The van der Waals surface area contributed by atoms with Gasteiger partial charge in [-0.3, -0.25) is 9.59 Å². The fraction of sp³-hybridized carbons (Fsp3) is 0.333. The molecule has 21 heavy (non-hydrogen) atoms. The van der Waals surface area contributed by atoms with Crippen LogP contribution < -0.4 is 11.5 Å². The Morgan fingerprint density at radius 1 is 1.19 bits per heavy atom. The van der Waals surface area contributed by atoms with E-state index in [9.17, 15) is 9.59 Å². The zero-order chi connectivity index (χ0) is 15.4. The number of ketones is 1. The largest absolute Gasteiger partial charge is 0.481 e. The van der Waals surface area contributed by atoms with Crippen LogP contribution in [0.15, 0.2) is 30.5 Å². The van der Waals surface area contributed by atoms with Gasteiger partial charge in [0, 0.05) is 23.5 Å². The first kappa shape index (κ1) is 15.2. The van der Waals surface area contributed by atoms with Crippen molar-refractivity contribution in [1.29, 1.82) is 0 Å². The van der Waals surface area contributed by atoms with E-state index < -0.39 is 18.1 Å². The van der Waals surface area contributed by atoms with Crippen LogP contribution >= 0.6 is 0 Å². The standard InChI is InChI=1S/C15H19N3O3/c16-11(5-6-14(19)20)15(21)12(17)7-9-8-18-13-4-2-1-3-10(9)13/h1-4,8,11-12,18H,5-7,16-17H2,(H,19,20)/t11-,12?/m0/s1. The molecule has 0 aliphatic heterocycles. The van der Waals surface area contributed by atoms with Crippen LogP contribution in [0.25, 0.3) is 10.9 Å². The van der Waals surface area contributed by atoms with Crippen LogP contribution in [0.5, 0.6) is 0 Å². The third kappa shape index (κ3) is 3.68. The first-order valence-electron chi connectivity index (χ1n) is 6.80. The van der Waals surface area contributed by atoms with Crippen LogP contribution in [0.1, 0.15) is 18.4 Å². The number of H-pyrrole nitrogens is 1. The summed E-state index contributed by atoms with van der Waals surface area (Å²) in [5.41, 5.74) is 13.6. The zero-order valence-electron chi connectivity index (χ0n) is 11.6. The molecule has 1 unspecified atom stereocenters. The summed E-state index contributed by atoms with van der Waals surface area (Å²) < 4.78 is 0. The summed E-state index contributed by atoms with van der Waals surface area (Å²) in [6, 6.07) is 6.20. The van der Waals surface area contributed by atoms with Gasteiger partial charge in [0.05, 0.1) is 12.1 Å². The molecule has 6 nitrogen and oxygen atoms in total. The zero-order valence-corrected chi connectivity index (χ0v) is 11.6. The lowest BCUT2D eigenvalue weighted by Crippen LogP contribution is -2.44. The Bertz CT molecular complexity index is 650. The van der Waals surface area contributed by atoms with Gasteiger partial charge >= 0.3 is 5.97 Å². The van der Waals surface area contributed by atoms with E-state index >= 15 is 0 Å². The third-order valence-electron chi connectivity index (χ3n) is 3.51. The normalized spacial score (nSPS) is 14.0. The van der Waals surface area contributed by atoms with E-state index in [1.54, 1.807) is 0 Å². The molecule has 0 saturated heterocycles. The van der Waals surface area contributed by atoms with Crippen molar-refractivity contribution in [2.45, 2.75) is 31.3 Å². The molecular weight excluding hydrogens is 270 g/mol. The maximum absolute atomic E-state index is 12.1. The van der Waals surface area contributed by atoms with Crippen molar-refractivity contribution in [1.82, 2.24) is 4.98 Å². The van der Waals surface area contributed by atoms with E-state index in [2.05, 4.69) is 4.98 Å². The number of carbonyl (C=O) groups is 2. The second-order valence-electron chi connectivity index (χ2n) is 5.11. The molecule has 2 rings (SSSR count). The summed E-state index contributed by atoms with van der Waals surface area (Å²) in [6.45, 7) is 0. The predicted molar refractivity (Wildman–Crippen MR) is 79.8 cm³/mol. The highest BCUT2D eigenvalue weighted by atomic mass is 16.4. The van der Waals surface area contributed by atoms with Gasteiger partial charge in [-0.25, -0.2) is 0 Å². The Balaban J connectivity index is 2.02. The van der Waals surface area contributed by atoms with E-state index in [0.717, 1.165) is 16.5 Å². The van der Waals surface area contributed by atoms with Crippen molar-refractivity contribution in [3.8, 4) is 0 Å². The van der Waals surface area contributed by atoms with Gasteiger partial charge in [-0.05, 0) is 24.5 Å². The lowest BCUT2D eigenvalue weighted by atomic mass is 9.96. The number of nitrogens with one attached hydrogen (secondary N) is 1. The van der Waals surface area contributed by atoms with Gasteiger partial charge < -0.3 is 21.6 Å². The second-order valence-corrected chi connectivity index (χ2v) is 5.11. The average Bonchev–Trinajstić information content (AvgIpc) is 2.87. The highest BCUT2D eigenvalue weighted by molar-refractivity contribution is 5.90. The Kier molecular flexibility index (Phi) is 4.72. The smallest absolute Gasteiger partial charge is 0.303 e. The topological polar surface area (TPSA) is 122 Å². The molecule has 0 amide bonds. The Labute approximate surface area is 122 Å². The molecule has 0 bridgehead atoms. The number of aromatic nitrogens is 1. The number of hydrogen-bond acceptors (Lipinski definition) is 4. The molecule has 0 fully saturated rings. The molecule has 0 saturated carbocycles. The number of rotatable bonds is 7. The highest BCUT2D eigenvalue weighted by Gasteiger charge is 2.22. The quantitative estimate of drug-likeness (QED) is 0.600. The van der Waals surface area contributed by atoms with E-state index in [1.807, 2.05) is 30.5 Å². The maximum atomic E-state index is 12.1. The minimum atomic E-state index is -0.969. The number of aliphatic carboxylic acids is 1. The minimum Gasteiger partial charge on any atom is -0.481 e. The van der Waals surface area contributed by atoms with Crippen molar-refractivity contribution in [3.05, 3.63) is 36.0 Å². The summed E-state index contributed by atoms with van der Waals surface area (Å²) in [5.74, 6) is -1.27. The molecule has 6 N–H and O–H groups in total. The fourth-order valence-electron chi connectivity index (χ4n) is 2.33. The fourth-order valence-corrected chi connectivity index (χ4v) is 2.33. The third-order valence-corrected chi connectivity index (χ3v) is 3.51. The Morgan fingerprint density at radius 3 is 2.62 bits per heavy atom. The molecule has 1 aromatic heterocycles. The summed E-state index contributed by atoms with van der Waals surface area (Å²) in [6.07, 6.45) is 2.19. The van der Waals surface area contributed by atoms with Gasteiger partial charge in [0.15, 0.2) is 5.78 Å². The number of carbonyl (C=O) groups excluding carboxylic acids is 1. The van der Waals surface area contributed by atoms with Crippen LogP contribution in [0.2, 0.25) is 0 Å². The molecule has 112 valence electrons. The van der Waals surface area contributed by atoms with Crippen LogP contribution in [0, 0.1) is 0 Å². The van der Waals surface area contributed by atoms with Crippen molar-refractivity contribution in [2.24, 2.45) is 11.5 Å². The molecule has 2 aromatic rings. The van der Waals surface area contributed by atoms with Crippen molar-refractivity contribution < 1.29 is 14.7 Å². The van der Waals surface area contributed by atoms with Crippen LogP contribution in [-0.4, -0.2) is 33.9 Å². The van der Waals surface area contributed by atoms with Crippen molar-refractivity contribution in [2.75, 3.05) is 0 Å². The molecule has 0 aliphatic rings. The van der Waals surface area contributed by atoms with Gasteiger partial charge in [0.2, 0.25) is 0 Å². The number of Topliss-reactive ketones (excluding diaryl/α,β-unsaturated/α-hetero) is 1. The number of benzene rings is 1. The highest BCUT2D eigenvalue weighted by Crippen LogP contribution is 2.19. The predicted octanol–water partition coefficient (Wildman–Crippen LogP) is 0.799. The summed E-state index contributed by atoms with van der Waals surface area (Å²) in [4.78, 5) is 25.7. The van der Waals surface area contributed by atoms with Gasteiger partial charge in [-0.1, -0.05) is 18.2 Å². The van der Waals surface area contributed by atoms with Crippen LogP contribution in [0.4, 0.5) is 0 Å². The lowest BCUT2D eigenvalue weighted by molar-refractivity contribution is -0.137. The van der Waals surface area contributed by atoms with E-state index in [4.69, 9.17) is 16.6 Å². The number of hydrogen-bond donors (Lipinski definition) is 4. The maximum Gasteiger partial charge on any atom is 0.303 e. The molecule has 6 heteroatoms. The summed E-state index contributed by atoms with van der Waals surface area (Å²) >= 11 is 0. The molecule has 2 atom stereocenters. The Hall–Kier alpha value is -2.18. The molecule has 1 aromatic carbocycles. The Morgan fingerprint density at radius 2 is 1.90 bits per heavy atom. The first-order chi connectivity index (χ1) is 9.99. The van der Waals surface area contributed by atoms with Crippen LogP contribution in [0.3, 0.4) is 0 Å². The van der Waals surface area contributed by atoms with Gasteiger partial charge in [0.1, 0.15) is 0 Å². The summed E-state index contributed by atoms with van der Waals surface area (Å²) in [7, 11) is 0. The number of carboxylic acid groups (broad SMARTS) is 1. The van der Waals surface area contributed by atoms with Gasteiger partial charge in [-0.2, -0.15) is 0 Å². The SMILES string of the molecule is NC(Cc1c[nH]c2ccccc12)C(=O)[C@@H](N)CCC(=O)O. The average molecular weight is 289 g/mol. The molecule has 0 spiro atoms. The van der Waals surface area contributed by atoms with Crippen molar-refractivity contribution in [3.63, 3.8) is 0 Å². The van der Waals surface area contributed by atoms with Gasteiger partial charge in [-0.15, -0.1) is 0 Å². The second kappa shape index (κ2) is 6.51. The van der Waals surface area contributed by atoms with E-state index in [1.165, 1.54) is 0 Å². The number of carboxylic acids is 1. The molecule has 0 aliphatic carbocycles. The monoisotopic (exact) mass is 289 g/mol. The molecular formula is C15H19N3O3. The molecule has 1 heterocycles.